The van der Waals surface area contributed by atoms with Gasteiger partial charge in [-0.1, -0.05) is 0 Å². The second-order valence-electron chi connectivity index (χ2n) is 4.61. The van der Waals surface area contributed by atoms with Gasteiger partial charge in [0, 0.05) is 38.6 Å². The van der Waals surface area contributed by atoms with Crippen LogP contribution >= 0.6 is 12.4 Å². The molecule has 1 aliphatic rings. The number of amides is 1. The van der Waals surface area contributed by atoms with Gasteiger partial charge in [0.2, 0.25) is 5.91 Å². The summed E-state index contributed by atoms with van der Waals surface area (Å²) in [6.45, 7) is 3.92. The maximum Gasteiger partial charge on any atom is 0.251 e. The monoisotopic (exact) mass is 285 g/mol. The van der Waals surface area contributed by atoms with Gasteiger partial charge < -0.3 is 10.6 Å². The SMILES string of the molecule is CC(N)CC(=O)N1CCCN(CC(F)F)CC1.Cl. The zero-order valence-corrected chi connectivity index (χ0v) is 11.5. The molecule has 1 aliphatic heterocycles. The number of nitrogens with two attached hydrogens (primary N) is 1. The minimum absolute atomic E-state index is 0. The lowest BCUT2D eigenvalue weighted by atomic mass is 10.2. The van der Waals surface area contributed by atoms with Crippen LogP contribution in [0, 0.1) is 0 Å². The molecule has 108 valence electrons. The van der Waals surface area contributed by atoms with Gasteiger partial charge in [-0.3, -0.25) is 9.69 Å². The number of nitrogens with zero attached hydrogens (tertiary/aromatic N) is 2. The van der Waals surface area contributed by atoms with Crippen molar-refractivity contribution in [3.05, 3.63) is 0 Å². The molecule has 0 aromatic carbocycles. The molecule has 0 bridgehead atoms. The first kappa shape index (κ1) is 17.5. The van der Waals surface area contributed by atoms with Crippen molar-refractivity contribution in [1.29, 1.82) is 0 Å². The van der Waals surface area contributed by atoms with Crippen molar-refractivity contribution in [3.8, 4) is 0 Å². The van der Waals surface area contributed by atoms with Gasteiger partial charge in [-0.2, -0.15) is 0 Å². The Labute approximate surface area is 113 Å². The third-order valence-electron chi connectivity index (χ3n) is 2.83. The van der Waals surface area contributed by atoms with Crippen LogP contribution in [0.5, 0.6) is 0 Å². The third kappa shape index (κ3) is 6.47. The van der Waals surface area contributed by atoms with Crippen molar-refractivity contribution < 1.29 is 13.6 Å². The molecule has 0 saturated carbocycles. The second kappa shape index (κ2) is 8.61. The van der Waals surface area contributed by atoms with Crippen LogP contribution in [-0.4, -0.2) is 60.9 Å². The van der Waals surface area contributed by atoms with Gasteiger partial charge in [0.15, 0.2) is 0 Å². The van der Waals surface area contributed by atoms with E-state index in [4.69, 9.17) is 5.73 Å². The van der Waals surface area contributed by atoms with Crippen LogP contribution in [0.25, 0.3) is 0 Å². The molecule has 0 aliphatic carbocycles. The van der Waals surface area contributed by atoms with E-state index in [-0.39, 0.29) is 30.9 Å². The van der Waals surface area contributed by atoms with Crippen molar-refractivity contribution >= 4 is 18.3 Å². The molecule has 1 atom stereocenters. The fourth-order valence-electron chi connectivity index (χ4n) is 2.00. The molecule has 1 saturated heterocycles. The van der Waals surface area contributed by atoms with Crippen LogP contribution in [0.2, 0.25) is 0 Å². The molecule has 1 unspecified atom stereocenters. The fraction of sp³-hybridized carbons (Fsp3) is 0.909. The molecule has 4 nitrogen and oxygen atoms in total. The maximum atomic E-state index is 12.2. The van der Waals surface area contributed by atoms with Gasteiger partial charge in [-0.05, 0) is 13.3 Å². The van der Waals surface area contributed by atoms with Crippen LogP contribution in [0.1, 0.15) is 19.8 Å². The van der Waals surface area contributed by atoms with Crippen LogP contribution in [0.15, 0.2) is 0 Å². The highest BCUT2D eigenvalue weighted by molar-refractivity contribution is 5.85. The molecular formula is C11H22ClF2N3O. The van der Waals surface area contributed by atoms with E-state index in [1.54, 1.807) is 16.7 Å². The average Bonchev–Trinajstić information content (AvgIpc) is 2.41. The van der Waals surface area contributed by atoms with E-state index in [9.17, 15) is 13.6 Å². The third-order valence-corrected chi connectivity index (χ3v) is 2.83. The van der Waals surface area contributed by atoms with Crippen molar-refractivity contribution in [2.24, 2.45) is 5.73 Å². The predicted molar refractivity (Wildman–Crippen MR) is 69.2 cm³/mol. The number of rotatable bonds is 4. The van der Waals surface area contributed by atoms with Crippen LogP contribution in [-0.2, 0) is 4.79 Å². The first-order chi connectivity index (χ1) is 7.99. The topological polar surface area (TPSA) is 49.6 Å². The molecule has 1 fully saturated rings. The molecule has 1 rings (SSSR count). The molecule has 0 aromatic heterocycles. The molecule has 1 heterocycles. The summed E-state index contributed by atoms with van der Waals surface area (Å²) in [5.41, 5.74) is 5.58. The van der Waals surface area contributed by atoms with Gasteiger partial charge in [-0.15, -0.1) is 12.4 Å². The summed E-state index contributed by atoms with van der Waals surface area (Å²) in [7, 11) is 0. The Morgan fingerprint density at radius 2 is 1.94 bits per heavy atom. The summed E-state index contributed by atoms with van der Waals surface area (Å²) in [5.74, 6) is 0.0268. The first-order valence-corrected chi connectivity index (χ1v) is 6.03. The summed E-state index contributed by atoms with van der Waals surface area (Å²) >= 11 is 0. The molecular weight excluding hydrogens is 264 g/mol. The number of alkyl halides is 2. The summed E-state index contributed by atoms with van der Waals surface area (Å²) in [6, 6.07) is -0.150. The molecule has 18 heavy (non-hydrogen) atoms. The molecule has 7 heteroatoms. The highest BCUT2D eigenvalue weighted by Gasteiger charge is 2.21. The van der Waals surface area contributed by atoms with E-state index in [2.05, 4.69) is 0 Å². The van der Waals surface area contributed by atoms with Gasteiger partial charge in [0.1, 0.15) is 0 Å². The molecule has 1 amide bonds. The minimum atomic E-state index is -2.30. The minimum Gasteiger partial charge on any atom is -0.341 e. The average molecular weight is 286 g/mol. The number of hydrogen-bond acceptors (Lipinski definition) is 3. The number of carbonyl (C=O) groups is 1. The predicted octanol–water partition coefficient (Wildman–Crippen LogP) is 0.945. The van der Waals surface area contributed by atoms with Gasteiger partial charge in [0.05, 0.1) is 6.54 Å². The Hall–Kier alpha value is -0.460. The standard InChI is InChI=1S/C11H21F2N3O.ClH/c1-9(14)7-11(17)16-4-2-3-15(5-6-16)8-10(12)13;/h9-10H,2-8,14H2,1H3;1H. The lowest BCUT2D eigenvalue weighted by molar-refractivity contribution is -0.131. The van der Waals surface area contributed by atoms with Gasteiger partial charge in [-0.25, -0.2) is 8.78 Å². The van der Waals surface area contributed by atoms with E-state index < -0.39 is 6.43 Å². The van der Waals surface area contributed by atoms with E-state index in [1.807, 2.05) is 0 Å². The van der Waals surface area contributed by atoms with Crippen molar-refractivity contribution in [2.75, 3.05) is 32.7 Å². The smallest absolute Gasteiger partial charge is 0.251 e. The van der Waals surface area contributed by atoms with Crippen molar-refractivity contribution in [2.45, 2.75) is 32.2 Å². The number of carbonyl (C=O) groups excluding carboxylic acids is 1. The zero-order valence-electron chi connectivity index (χ0n) is 10.6. The number of halogens is 3. The highest BCUT2D eigenvalue weighted by Crippen LogP contribution is 2.07. The normalized spacial score (nSPS) is 19.3. The number of hydrogen-bond donors (Lipinski definition) is 1. The Morgan fingerprint density at radius 1 is 1.28 bits per heavy atom. The van der Waals surface area contributed by atoms with E-state index in [0.29, 0.717) is 32.6 Å². The summed E-state index contributed by atoms with van der Waals surface area (Å²) in [6.07, 6.45) is -1.23. The second-order valence-corrected chi connectivity index (χ2v) is 4.61. The summed E-state index contributed by atoms with van der Waals surface area (Å²) in [4.78, 5) is 15.2. The molecule has 0 radical (unpaired) electrons. The van der Waals surface area contributed by atoms with Gasteiger partial charge in [0.25, 0.3) is 6.43 Å². The Morgan fingerprint density at radius 3 is 2.50 bits per heavy atom. The molecule has 0 aromatic rings. The highest BCUT2D eigenvalue weighted by atomic mass is 35.5. The Bertz CT molecular complexity index is 254. The first-order valence-electron chi connectivity index (χ1n) is 6.03. The van der Waals surface area contributed by atoms with E-state index in [0.717, 1.165) is 6.42 Å². The largest absolute Gasteiger partial charge is 0.341 e. The lowest BCUT2D eigenvalue weighted by Crippen LogP contribution is -2.38. The zero-order chi connectivity index (χ0) is 12.8. The van der Waals surface area contributed by atoms with Crippen molar-refractivity contribution in [1.82, 2.24) is 9.80 Å². The fourth-order valence-corrected chi connectivity index (χ4v) is 2.00. The quantitative estimate of drug-likeness (QED) is 0.836. The molecule has 2 N–H and O–H groups in total. The van der Waals surface area contributed by atoms with Crippen molar-refractivity contribution in [3.63, 3.8) is 0 Å². The maximum absolute atomic E-state index is 12.2. The van der Waals surface area contributed by atoms with E-state index in [1.165, 1.54) is 0 Å². The molecule has 0 spiro atoms. The van der Waals surface area contributed by atoms with Crippen LogP contribution in [0.4, 0.5) is 8.78 Å². The Kier molecular flexibility index (Phi) is 8.39. The lowest BCUT2D eigenvalue weighted by Gasteiger charge is -2.22. The van der Waals surface area contributed by atoms with Gasteiger partial charge >= 0.3 is 0 Å². The summed E-state index contributed by atoms with van der Waals surface area (Å²) in [5, 5.41) is 0. The van der Waals surface area contributed by atoms with E-state index >= 15 is 0 Å². The Balaban J connectivity index is 0.00000289. The van der Waals surface area contributed by atoms with Crippen LogP contribution in [0.3, 0.4) is 0 Å². The van der Waals surface area contributed by atoms with Crippen LogP contribution < -0.4 is 5.73 Å². The summed E-state index contributed by atoms with van der Waals surface area (Å²) < 4.78 is 24.5.